The third-order valence-corrected chi connectivity index (χ3v) is 4.28. The first-order valence-electron chi connectivity index (χ1n) is 6.81. The third-order valence-electron chi connectivity index (χ3n) is 3.54. The van der Waals surface area contributed by atoms with Crippen LogP contribution in [-0.2, 0) is 0 Å². The van der Waals surface area contributed by atoms with Gasteiger partial charge in [-0.3, -0.25) is 4.79 Å². The van der Waals surface area contributed by atoms with Crippen LogP contribution in [0.4, 0.5) is 5.69 Å². The highest BCUT2D eigenvalue weighted by molar-refractivity contribution is 9.10. The van der Waals surface area contributed by atoms with Crippen molar-refractivity contribution in [2.75, 3.05) is 24.5 Å². The van der Waals surface area contributed by atoms with Gasteiger partial charge in [0.25, 0.3) is 5.56 Å². The van der Waals surface area contributed by atoms with Crippen LogP contribution in [0.5, 0.6) is 0 Å². The maximum absolute atomic E-state index is 12.3. The zero-order valence-electron chi connectivity index (χ0n) is 11.7. The predicted octanol–water partition coefficient (Wildman–Crippen LogP) is 1.77. The number of aromatic nitrogens is 2. The first-order chi connectivity index (χ1) is 9.06. The van der Waals surface area contributed by atoms with Crippen molar-refractivity contribution >= 4 is 21.6 Å². The summed E-state index contributed by atoms with van der Waals surface area (Å²) in [5.74, 6) is 0. The minimum Gasteiger partial charge on any atom is -0.365 e. The number of nitrogens with zero attached hydrogens (tertiary/aromatic N) is 3. The van der Waals surface area contributed by atoms with Gasteiger partial charge in [-0.1, -0.05) is 0 Å². The minimum atomic E-state index is -0.0584. The second-order valence-corrected chi connectivity index (χ2v) is 5.91. The van der Waals surface area contributed by atoms with Crippen LogP contribution in [0.3, 0.4) is 0 Å². The SMILES string of the molecule is CCN(c1cnn(C(C)C)c(=O)c1Br)C1CCNC1. The fraction of sp³-hybridized carbons (Fsp3) is 0.692. The van der Waals surface area contributed by atoms with Crippen LogP contribution < -0.4 is 15.8 Å². The maximum Gasteiger partial charge on any atom is 0.283 e. The van der Waals surface area contributed by atoms with Gasteiger partial charge < -0.3 is 10.2 Å². The highest BCUT2D eigenvalue weighted by atomic mass is 79.9. The fourth-order valence-corrected chi connectivity index (χ4v) is 3.05. The monoisotopic (exact) mass is 328 g/mol. The van der Waals surface area contributed by atoms with E-state index in [1.165, 1.54) is 4.68 Å². The minimum absolute atomic E-state index is 0.0584. The summed E-state index contributed by atoms with van der Waals surface area (Å²) in [6.07, 6.45) is 2.90. The van der Waals surface area contributed by atoms with Crippen LogP contribution in [0.2, 0.25) is 0 Å². The standard InChI is InChI=1S/C13H21BrN4O/c1-4-17(10-5-6-15-7-10)11-8-16-18(9(2)3)13(19)12(11)14/h8-10,15H,4-7H2,1-3H3. The molecule has 1 unspecified atom stereocenters. The Hall–Kier alpha value is -0.880. The number of nitrogens with one attached hydrogen (secondary N) is 1. The van der Waals surface area contributed by atoms with Crippen molar-refractivity contribution in [1.29, 1.82) is 0 Å². The molecule has 1 saturated heterocycles. The molecule has 1 N–H and O–H groups in total. The van der Waals surface area contributed by atoms with Gasteiger partial charge >= 0.3 is 0 Å². The summed E-state index contributed by atoms with van der Waals surface area (Å²) >= 11 is 3.45. The molecule has 5 nitrogen and oxygen atoms in total. The van der Waals surface area contributed by atoms with Gasteiger partial charge in [-0.2, -0.15) is 5.10 Å². The molecule has 2 heterocycles. The lowest BCUT2D eigenvalue weighted by atomic mass is 10.2. The van der Waals surface area contributed by atoms with Gasteiger partial charge in [0.2, 0.25) is 0 Å². The summed E-state index contributed by atoms with van der Waals surface area (Å²) in [6.45, 7) is 8.90. The average Bonchev–Trinajstić information content (AvgIpc) is 2.89. The summed E-state index contributed by atoms with van der Waals surface area (Å²) in [5, 5.41) is 7.65. The van der Waals surface area contributed by atoms with Crippen LogP contribution in [-0.4, -0.2) is 35.5 Å². The Morgan fingerprint density at radius 3 is 2.89 bits per heavy atom. The van der Waals surface area contributed by atoms with Crippen LogP contribution in [0.15, 0.2) is 15.5 Å². The van der Waals surface area contributed by atoms with E-state index < -0.39 is 0 Å². The second-order valence-electron chi connectivity index (χ2n) is 5.12. The Labute approximate surface area is 122 Å². The summed E-state index contributed by atoms with van der Waals surface area (Å²) < 4.78 is 2.12. The summed E-state index contributed by atoms with van der Waals surface area (Å²) in [4.78, 5) is 14.5. The predicted molar refractivity (Wildman–Crippen MR) is 80.9 cm³/mol. The Morgan fingerprint density at radius 1 is 1.63 bits per heavy atom. The molecule has 1 fully saturated rings. The molecule has 0 amide bonds. The zero-order chi connectivity index (χ0) is 14.0. The maximum atomic E-state index is 12.3. The number of likely N-dealkylation sites (N-methyl/N-ethyl adjacent to an activating group) is 1. The third kappa shape index (κ3) is 2.84. The highest BCUT2D eigenvalue weighted by Crippen LogP contribution is 2.25. The zero-order valence-corrected chi connectivity index (χ0v) is 13.3. The first-order valence-corrected chi connectivity index (χ1v) is 7.60. The summed E-state index contributed by atoms with van der Waals surface area (Å²) in [7, 11) is 0. The lowest BCUT2D eigenvalue weighted by molar-refractivity contribution is 0.498. The molecular weight excluding hydrogens is 308 g/mol. The topological polar surface area (TPSA) is 50.2 Å². The number of anilines is 1. The van der Waals surface area contributed by atoms with Crippen molar-refractivity contribution in [3.05, 3.63) is 21.0 Å². The molecule has 0 radical (unpaired) electrons. The van der Waals surface area contributed by atoms with Crippen LogP contribution in [0, 0.1) is 0 Å². The van der Waals surface area contributed by atoms with Gasteiger partial charge in [-0.05, 0) is 49.7 Å². The number of hydrogen-bond donors (Lipinski definition) is 1. The molecule has 0 aromatic carbocycles. The lowest BCUT2D eigenvalue weighted by Crippen LogP contribution is -2.39. The van der Waals surface area contributed by atoms with E-state index in [1.54, 1.807) is 6.20 Å². The molecule has 0 aliphatic carbocycles. The van der Waals surface area contributed by atoms with E-state index in [0.29, 0.717) is 10.5 Å². The molecule has 1 aromatic heterocycles. The molecule has 2 rings (SSSR count). The van der Waals surface area contributed by atoms with E-state index in [0.717, 1.165) is 31.7 Å². The molecule has 1 aliphatic rings. The van der Waals surface area contributed by atoms with Gasteiger partial charge in [0.15, 0.2) is 0 Å². The number of halogens is 1. The van der Waals surface area contributed by atoms with Crippen molar-refractivity contribution in [2.24, 2.45) is 0 Å². The Balaban J connectivity index is 2.38. The molecule has 19 heavy (non-hydrogen) atoms. The van der Waals surface area contributed by atoms with E-state index in [4.69, 9.17) is 0 Å². The van der Waals surface area contributed by atoms with Crippen LogP contribution >= 0.6 is 15.9 Å². The molecule has 1 atom stereocenters. The van der Waals surface area contributed by atoms with Crippen molar-refractivity contribution in [1.82, 2.24) is 15.1 Å². The molecule has 0 spiro atoms. The Morgan fingerprint density at radius 2 is 2.37 bits per heavy atom. The molecular formula is C13H21BrN4O. The normalized spacial score (nSPS) is 19.1. The number of hydrogen-bond acceptors (Lipinski definition) is 4. The summed E-state index contributed by atoms with van der Waals surface area (Å²) in [5.41, 5.74) is 0.843. The van der Waals surface area contributed by atoms with Crippen molar-refractivity contribution in [3.8, 4) is 0 Å². The van der Waals surface area contributed by atoms with Crippen LogP contribution in [0.25, 0.3) is 0 Å². The molecule has 0 bridgehead atoms. The first kappa shape index (κ1) is 14.5. The highest BCUT2D eigenvalue weighted by Gasteiger charge is 2.24. The smallest absolute Gasteiger partial charge is 0.283 e. The number of rotatable bonds is 4. The largest absolute Gasteiger partial charge is 0.365 e. The average molecular weight is 329 g/mol. The van der Waals surface area contributed by atoms with Crippen molar-refractivity contribution < 1.29 is 0 Å². The van der Waals surface area contributed by atoms with Gasteiger partial charge in [-0.25, -0.2) is 4.68 Å². The van der Waals surface area contributed by atoms with Gasteiger partial charge in [0, 0.05) is 19.1 Å². The van der Waals surface area contributed by atoms with E-state index in [9.17, 15) is 4.79 Å². The van der Waals surface area contributed by atoms with Gasteiger partial charge in [0.1, 0.15) is 4.47 Å². The molecule has 6 heteroatoms. The summed E-state index contributed by atoms with van der Waals surface area (Å²) in [6, 6.07) is 0.512. The molecule has 0 saturated carbocycles. The quantitative estimate of drug-likeness (QED) is 0.915. The fourth-order valence-electron chi connectivity index (χ4n) is 2.53. The van der Waals surface area contributed by atoms with Crippen molar-refractivity contribution in [2.45, 2.75) is 39.3 Å². The Kier molecular flexibility index (Phi) is 4.62. The molecule has 1 aromatic rings. The molecule has 1 aliphatic heterocycles. The van der Waals surface area contributed by atoms with E-state index in [2.05, 4.69) is 38.2 Å². The van der Waals surface area contributed by atoms with E-state index in [-0.39, 0.29) is 11.6 Å². The second kappa shape index (κ2) is 6.05. The van der Waals surface area contributed by atoms with Gasteiger partial charge in [-0.15, -0.1) is 0 Å². The van der Waals surface area contributed by atoms with E-state index >= 15 is 0 Å². The van der Waals surface area contributed by atoms with Crippen LogP contribution in [0.1, 0.15) is 33.2 Å². The van der Waals surface area contributed by atoms with Crippen molar-refractivity contribution in [3.63, 3.8) is 0 Å². The lowest BCUT2D eigenvalue weighted by Gasteiger charge is -2.30. The molecule has 106 valence electrons. The van der Waals surface area contributed by atoms with E-state index in [1.807, 2.05) is 13.8 Å². The van der Waals surface area contributed by atoms with Gasteiger partial charge in [0.05, 0.1) is 17.9 Å². The Bertz CT molecular complexity index is 494.